The number of hydrogen-bond donors (Lipinski definition) is 0. The largest absolute Gasteiger partial charge is 0.485 e. The molecule has 0 spiro atoms. The molecule has 0 amide bonds. The summed E-state index contributed by atoms with van der Waals surface area (Å²) in [5.74, 6) is -0.525. The van der Waals surface area contributed by atoms with Crippen molar-refractivity contribution >= 4 is 20.4 Å². The highest BCUT2D eigenvalue weighted by Gasteiger charge is 2.58. The lowest BCUT2D eigenvalue weighted by Gasteiger charge is -2.26. The van der Waals surface area contributed by atoms with Crippen LogP contribution in [0.4, 0.5) is 0 Å². The van der Waals surface area contributed by atoms with Crippen LogP contribution in [0.3, 0.4) is 0 Å². The Balaban J connectivity index is 1.68. The predicted octanol–water partition coefficient (Wildman–Crippen LogP) is 3.82. The summed E-state index contributed by atoms with van der Waals surface area (Å²) in [6, 6.07) is 10.0. The maximum Gasteiger partial charge on any atom is 0.164 e. The normalized spacial score (nSPS) is 37.6. The van der Waals surface area contributed by atoms with Crippen LogP contribution in [-0.4, -0.2) is 42.6 Å². The molecule has 0 radical (unpaired) electrons. The van der Waals surface area contributed by atoms with Crippen LogP contribution in [0.15, 0.2) is 36.1 Å². The van der Waals surface area contributed by atoms with E-state index >= 15 is 0 Å². The lowest BCUT2D eigenvalue weighted by atomic mass is 10.1. The molecule has 4 rings (SSSR count). The van der Waals surface area contributed by atoms with Gasteiger partial charge in [0.05, 0.1) is 11.1 Å². The van der Waals surface area contributed by atoms with Gasteiger partial charge in [-0.05, 0) is 49.2 Å². The van der Waals surface area contributed by atoms with Crippen molar-refractivity contribution in [3.8, 4) is 0 Å². The van der Waals surface area contributed by atoms with Gasteiger partial charge in [0.25, 0.3) is 0 Å². The first-order valence-corrected chi connectivity index (χ1v) is 9.34. The molecular formula is C19H23BrO5. The second-order valence-corrected chi connectivity index (χ2v) is 8.31. The Morgan fingerprint density at radius 2 is 1.68 bits per heavy atom. The second-order valence-electron chi connectivity index (χ2n) is 7.51. The Hall–Kier alpha value is -0.920. The highest BCUT2D eigenvalue weighted by molar-refractivity contribution is 9.15. The number of halogens is 1. The monoisotopic (exact) mass is 410 g/mol. The van der Waals surface area contributed by atoms with E-state index in [9.17, 15) is 0 Å². The van der Waals surface area contributed by atoms with Crippen molar-refractivity contribution in [2.45, 2.75) is 63.7 Å². The molecule has 6 heteroatoms. The van der Waals surface area contributed by atoms with Gasteiger partial charge in [-0.3, -0.25) is 0 Å². The second kappa shape index (κ2) is 6.06. The highest BCUT2D eigenvalue weighted by atomic mass is 79.9. The van der Waals surface area contributed by atoms with Gasteiger partial charge in [-0.25, -0.2) is 0 Å². The molecule has 0 unspecified atom stereocenters. The highest BCUT2D eigenvalue weighted by Crippen LogP contribution is 2.46. The molecule has 1 aromatic rings. The summed E-state index contributed by atoms with van der Waals surface area (Å²) >= 11 is 3.69. The minimum atomic E-state index is -0.665. The van der Waals surface area contributed by atoms with Crippen LogP contribution in [0.25, 0.3) is 4.48 Å². The van der Waals surface area contributed by atoms with E-state index in [1.807, 2.05) is 58.0 Å². The van der Waals surface area contributed by atoms with Crippen LogP contribution in [-0.2, 0) is 23.7 Å². The van der Waals surface area contributed by atoms with E-state index in [0.717, 1.165) is 15.8 Å². The summed E-state index contributed by atoms with van der Waals surface area (Å²) in [7, 11) is 0. The van der Waals surface area contributed by atoms with Gasteiger partial charge in [0.2, 0.25) is 0 Å². The minimum absolute atomic E-state index is 0.200. The average molecular weight is 411 g/mol. The third-order valence-corrected chi connectivity index (χ3v) is 5.46. The molecule has 3 fully saturated rings. The summed E-state index contributed by atoms with van der Waals surface area (Å²) < 4.78 is 31.2. The molecule has 1 aromatic carbocycles. The van der Waals surface area contributed by atoms with Gasteiger partial charge in [-0.2, -0.15) is 0 Å². The van der Waals surface area contributed by atoms with Crippen LogP contribution in [0, 0.1) is 0 Å². The molecule has 0 N–H and O–H groups in total. The van der Waals surface area contributed by atoms with Crippen LogP contribution in [0.1, 0.15) is 33.3 Å². The summed E-state index contributed by atoms with van der Waals surface area (Å²) in [5.41, 5.74) is 1.04. The molecule has 0 aliphatic carbocycles. The van der Waals surface area contributed by atoms with E-state index in [1.165, 1.54) is 0 Å². The summed E-state index contributed by atoms with van der Waals surface area (Å²) in [6.07, 6.45) is -0.987. The zero-order valence-electron chi connectivity index (χ0n) is 14.8. The molecule has 0 saturated carbocycles. The molecule has 3 heterocycles. The molecule has 5 nitrogen and oxygen atoms in total. The van der Waals surface area contributed by atoms with Crippen molar-refractivity contribution in [1.82, 2.24) is 0 Å². The van der Waals surface area contributed by atoms with Gasteiger partial charge in [-0.15, -0.1) is 0 Å². The van der Waals surface area contributed by atoms with Crippen LogP contribution >= 0.6 is 15.9 Å². The van der Waals surface area contributed by atoms with Crippen LogP contribution < -0.4 is 0 Å². The molecule has 3 aliphatic heterocycles. The standard InChI is InChI=1S/C19H23BrO5/c1-18(2)21-10-12(23-18)14-16-17(25-19(3,4)24-16)15(22-14)13(20)11-8-6-5-7-9-11/h5-9,12,14,16-17H,10H2,1-4H3/b15-13-/t12-,14+,16-,17+/m1/s1. The van der Waals surface area contributed by atoms with Crippen LogP contribution in [0.5, 0.6) is 0 Å². The Bertz CT molecular complexity index is 684. The van der Waals surface area contributed by atoms with Gasteiger partial charge in [-0.1, -0.05) is 30.3 Å². The zero-order chi connectivity index (χ0) is 17.8. The van der Waals surface area contributed by atoms with Crippen molar-refractivity contribution in [2.24, 2.45) is 0 Å². The number of fused-ring (bicyclic) bond motifs is 1. The maximum atomic E-state index is 6.29. The zero-order valence-corrected chi connectivity index (χ0v) is 16.4. The van der Waals surface area contributed by atoms with Gasteiger partial charge in [0.15, 0.2) is 17.7 Å². The number of hydrogen-bond acceptors (Lipinski definition) is 5. The average Bonchev–Trinajstić information content (AvgIpc) is 3.17. The van der Waals surface area contributed by atoms with Gasteiger partial charge < -0.3 is 23.7 Å². The fourth-order valence-electron chi connectivity index (χ4n) is 3.58. The lowest BCUT2D eigenvalue weighted by Crippen LogP contribution is -2.40. The van der Waals surface area contributed by atoms with E-state index < -0.39 is 11.6 Å². The molecule has 0 aromatic heterocycles. The molecule has 3 saturated heterocycles. The quantitative estimate of drug-likeness (QED) is 0.741. The third-order valence-electron chi connectivity index (χ3n) is 4.61. The minimum Gasteiger partial charge on any atom is -0.485 e. The smallest absolute Gasteiger partial charge is 0.164 e. The Labute approximate surface area is 156 Å². The van der Waals surface area contributed by atoms with Crippen molar-refractivity contribution in [3.63, 3.8) is 0 Å². The fourth-order valence-corrected chi connectivity index (χ4v) is 4.16. The number of ether oxygens (including phenoxy) is 5. The van der Waals surface area contributed by atoms with Gasteiger partial charge in [0, 0.05) is 0 Å². The topological polar surface area (TPSA) is 46.2 Å². The van der Waals surface area contributed by atoms with Crippen molar-refractivity contribution < 1.29 is 23.7 Å². The van der Waals surface area contributed by atoms with Gasteiger partial charge >= 0.3 is 0 Å². The molecular weight excluding hydrogens is 388 g/mol. The maximum absolute atomic E-state index is 6.29. The molecule has 25 heavy (non-hydrogen) atoms. The SMILES string of the molecule is CC1(C)OC[C@H]([C@@H]2O/C(=C(\Br)c3ccccc3)[C@@H]3OC(C)(C)O[C@H]23)O1. The Kier molecular flexibility index (Phi) is 4.24. The summed E-state index contributed by atoms with van der Waals surface area (Å²) in [4.78, 5) is 0. The van der Waals surface area contributed by atoms with E-state index in [0.29, 0.717) is 6.61 Å². The Morgan fingerprint density at radius 1 is 0.960 bits per heavy atom. The van der Waals surface area contributed by atoms with Gasteiger partial charge in [0.1, 0.15) is 24.1 Å². The number of rotatable bonds is 2. The van der Waals surface area contributed by atoms with Crippen molar-refractivity contribution in [3.05, 3.63) is 41.7 Å². The molecule has 3 aliphatic rings. The third kappa shape index (κ3) is 3.26. The predicted molar refractivity (Wildman–Crippen MR) is 95.9 cm³/mol. The lowest BCUT2D eigenvalue weighted by molar-refractivity contribution is -0.187. The van der Waals surface area contributed by atoms with E-state index in [-0.39, 0.29) is 24.4 Å². The first-order valence-electron chi connectivity index (χ1n) is 8.55. The van der Waals surface area contributed by atoms with E-state index in [2.05, 4.69) is 15.9 Å². The molecule has 0 bridgehead atoms. The van der Waals surface area contributed by atoms with Crippen molar-refractivity contribution in [2.75, 3.05) is 6.61 Å². The van der Waals surface area contributed by atoms with E-state index in [4.69, 9.17) is 23.7 Å². The van der Waals surface area contributed by atoms with Crippen molar-refractivity contribution in [1.29, 1.82) is 0 Å². The Morgan fingerprint density at radius 3 is 2.32 bits per heavy atom. The fraction of sp³-hybridized carbons (Fsp3) is 0.579. The summed E-state index contributed by atoms with van der Waals surface area (Å²) in [6.45, 7) is 8.14. The van der Waals surface area contributed by atoms with Crippen LogP contribution in [0.2, 0.25) is 0 Å². The molecule has 4 atom stereocenters. The first-order chi connectivity index (χ1) is 11.8. The summed E-state index contributed by atoms with van der Waals surface area (Å²) in [5, 5.41) is 0. The van der Waals surface area contributed by atoms with E-state index in [1.54, 1.807) is 0 Å². The molecule has 136 valence electrons. The number of benzene rings is 1. The first kappa shape index (κ1) is 17.5.